The molecule has 0 bridgehead atoms. The lowest BCUT2D eigenvalue weighted by molar-refractivity contribution is 0.499. The van der Waals surface area contributed by atoms with Crippen LogP contribution in [-0.2, 0) is 13.5 Å². The van der Waals surface area contributed by atoms with Crippen LogP contribution in [0.4, 0.5) is 0 Å². The van der Waals surface area contributed by atoms with Crippen molar-refractivity contribution in [3.63, 3.8) is 0 Å². The van der Waals surface area contributed by atoms with E-state index in [-0.39, 0.29) is 12.1 Å². The molecule has 2 rings (SSSR count). The van der Waals surface area contributed by atoms with Crippen LogP contribution < -0.4 is 5.73 Å². The molecule has 0 aliphatic rings. The van der Waals surface area contributed by atoms with E-state index in [1.165, 1.54) is 0 Å². The monoisotopic (exact) mass is 281 g/mol. The second-order valence-electron chi connectivity index (χ2n) is 4.95. The fourth-order valence-corrected chi connectivity index (χ4v) is 2.54. The third-order valence-corrected chi connectivity index (χ3v) is 3.47. The van der Waals surface area contributed by atoms with Crippen molar-refractivity contribution >= 4 is 11.6 Å². The SMILES string of the molecule is CCc1nn(C)cc1C(N)c1c(Cl)cnn1C(C)C. The number of rotatable bonds is 4. The average molecular weight is 282 g/mol. The summed E-state index contributed by atoms with van der Waals surface area (Å²) < 4.78 is 3.66. The van der Waals surface area contributed by atoms with Crippen LogP contribution in [0.25, 0.3) is 0 Å². The molecule has 1 unspecified atom stereocenters. The molecule has 0 aromatic carbocycles. The number of nitrogens with two attached hydrogens (primary N) is 1. The van der Waals surface area contributed by atoms with Crippen LogP contribution in [-0.4, -0.2) is 19.6 Å². The van der Waals surface area contributed by atoms with E-state index in [1.54, 1.807) is 10.9 Å². The highest BCUT2D eigenvalue weighted by molar-refractivity contribution is 6.31. The first-order chi connectivity index (χ1) is 8.95. The highest BCUT2D eigenvalue weighted by atomic mass is 35.5. The maximum atomic E-state index is 6.39. The summed E-state index contributed by atoms with van der Waals surface area (Å²) >= 11 is 6.25. The second-order valence-corrected chi connectivity index (χ2v) is 5.36. The molecule has 104 valence electrons. The lowest BCUT2D eigenvalue weighted by Crippen LogP contribution is -2.19. The molecule has 0 saturated carbocycles. The zero-order chi connectivity index (χ0) is 14.2. The van der Waals surface area contributed by atoms with Gasteiger partial charge in [-0.1, -0.05) is 18.5 Å². The third kappa shape index (κ3) is 2.53. The highest BCUT2D eigenvalue weighted by Gasteiger charge is 2.23. The second kappa shape index (κ2) is 5.35. The summed E-state index contributed by atoms with van der Waals surface area (Å²) in [4.78, 5) is 0. The Hall–Kier alpha value is -1.33. The van der Waals surface area contributed by atoms with Crippen molar-refractivity contribution in [2.24, 2.45) is 12.8 Å². The predicted octanol–water partition coefficient (Wildman–Crippen LogP) is 2.46. The van der Waals surface area contributed by atoms with Crippen LogP contribution in [0.15, 0.2) is 12.4 Å². The van der Waals surface area contributed by atoms with Gasteiger partial charge in [-0.05, 0) is 20.3 Å². The zero-order valence-electron chi connectivity index (χ0n) is 11.8. The average Bonchev–Trinajstić information content (AvgIpc) is 2.91. The molecule has 0 aliphatic carbocycles. The maximum absolute atomic E-state index is 6.39. The Kier molecular flexibility index (Phi) is 3.96. The lowest BCUT2D eigenvalue weighted by atomic mass is 10.0. The molecule has 2 aromatic heterocycles. The van der Waals surface area contributed by atoms with Gasteiger partial charge in [0.15, 0.2) is 0 Å². The third-order valence-electron chi connectivity index (χ3n) is 3.18. The molecule has 2 aromatic rings. The fourth-order valence-electron chi connectivity index (χ4n) is 2.29. The topological polar surface area (TPSA) is 61.7 Å². The molecule has 0 saturated heterocycles. The quantitative estimate of drug-likeness (QED) is 0.936. The van der Waals surface area contributed by atoms with Crippen LogP contribution in [0.3, 0.4) is 0 Å². The normalized spacial score (nSPS) is 13.2. The summed E-state index contributed by atoms with van der Waals surface area (Å²) in [7, 11) is 1.90. The number of hydrogen-bond acceptors (Lipinski definition) is 3. The highest BCUT2D eigenvalue weighted by Crippen LogP contribution is 2.29. The van der Waals surface area contributed by atoms with Gasteiger partial charge in [0.25, 0.3) is 0 Å². The van der Waals surface area contributed by atoms with Crippen LogP contribution in [0.2, 0.25) is 5.02 Å². The van der Waals surface area contributed by atoms with Crippen LogP contribution >= 0.6 is 11.6 Å². The van der Waals surface area contributed by atoms with Crippen LogP contribution in [0, 0.1) is 0 Å². The summed E-state index contributed by atoms with van der Waals surface area (Å²) in [6.07, 6.45) is 4.45. The summed E-state index contributed by atoms with van der Waals surface area (Å²) in [6.45, 7) is 6.19. The molecular weight excluding hydrogens is 262 g/mol. The van der Waals surface area contributed by atoms with E-state index < -0.39 is 0 Å². The molecule has 2 N–H and O–H groups in total. The van der Waals surface area contributed by atoms with Crippen molar-refractivity contribution in [3.8, 4) is 0 Å². The molecule has 0 fully saturated rings. The molecule has 0 amide bonds. The molecular formula is C13H20ClN5. The number of hydrogen-bond donors (Lipinski definition) is 1. The number of aromatic nitrogens is 4. The first-order valence-electron chi connectivity index (χ1n) is 6.46. The summed E-state index contributed by atoms with van der Waals surface area (Å²) in [5.41, 5.74) is 9.25. The Morgan fingerprint density at radius 2 is 2.11 bits per heavy atom. The number of halogens is 1. The Labute approximate surface area is 118 Å². The van der Waals surface area contributed by atoms with Gasteiger partial charge in [-0.3, -0.25) is 9.36 Å². The van der Waals surface area contributed by atoms with Crippen LogP contribution in [0.5, 0.6) is 0 Å². The number of nitrogens with zero attached hydrogens (tertiary/aromatic N) is 4. The van der Waals surface area contributed by atoms with E-state index in [2.05, 4.69) is 31.0 Å². The minimum absolute atomic E-state index is 0.218. The molecule has 19 heavy (non-hydrogen) atoms. The van der Waals surface area contributed by atoms with Gasteiger partial charge < -0.3 is 5.73 Å². The van der Waals surface area contributed by atoms with Gasteiger partial charge in [-0.2, -0.15) is 10.2 Å². The van der Waals surface area contributed by atoms with E-state index >= 15 is 0 Å². The van der Waals surface area contributed by atoms with Gasteiger partial charge in [-0.15, -0.1) is 0 Å². The molecule has 6 heteroatoms. The van der Waals surface area contributed by atoms with Crippen molar-refractivity contribution in [2.75, 3.05) is 0 Å². The zero-order valence-corrected chi connectivity index (χ0v) is 12.5. The smallest absolute Gasteiger partial charge is 0.0837 e. The maximum Gasteiger partial charge on any atom is 0.0837 e. The van der Waals surface area contributed by atoms with Gasteiger partial charge in [-0.25, -0.2) is 0 Å². The van der Waals surface area contributed by atoms with Crippen LogP contribution in [0.1, 0.15) is 49.8 Å². The fraction of sp³-hybridized carbons (Fsp3) is 0.538. The molecule has 1 atom stereocenters. The predicted molar refractivity (Wildman–Crippen MR) is 76.2 cm³/mol. The first kappa shape index (κ1) is 14.1. The number of aryl methyl sites for hydroxylation is 2. The minimum atomic E-state index is -0.305. The molecule has 2 heterocycles. The van der Waals surface area contributed by atoms with Gasteiger partial charge in [0.05, 0.1) is 28.6 Å². The van der Waals surface area contributed by atoms with E-state index in [1.807, 2.05) is 17.9 Å². The standard InChI is InChI=1S/C13H20ClN5/c1-5-11-9(7-18(4)17-11)12(15)13-10(14)6-16-19(13)8(2)3/h6-8,12H,5,15H2,1-4H3. The van der Waals surface area contributed by atoms with Crippen molar-refractivity contribution in [1.82, 2.24) is 19.6 Å². The van der Waals surface area contributed by atoms with Crippen molar-refractivity contribution < 1.29 is 0 Å². The summed E-state index contributed by atoms with van der Waals surface area (Å²) in [5, 5.41) is 9.33. The van der Waals surface area contributed by atoms with E-state index in [0.717, 1.165) is 23.4 Å². The minimum Gasteiger partial charge on any atom is -0.319 e. The molecule has 5 nitrogen and oxygen atoms in total. The summed E-state index contributed by atoms with van der Waals surface area (Å²) in [5.74, 6) is 0. The van der Waals surface area contributed by atoms with E-state index in [4.69, 9.17) is 17.3 Å². The Morgan fingerprint density at radius 3 is 2.68 bits per heavy atom. The van der Waals surface area contributed by atoms with Gasteiger partial charge >= 0.3 is 0 Å². The first-order valence-corrected chi connectivity index (χ1v) is 6.84. The van der Waals surface area contributed by atoms with Gasteiger partial charge in [0, 0.05) is 24.8 Å². The molecule has 0 radical (unpaired) electrons. The van der Waals surface area contributed by atoms with Gasteiger partial charge in [0.2, 0.25) is 0 Å². The molecule has 0 aliphatic heterocycles. The Morgan fingerprint density at radius 1 is 1.42 bits per heavy atom. The van der Waals surface area contributed by atoms with Crippen molar-refractivity contribution in [1.29, 1.82) is 0 Å². The lowest BCUT2D eigenvalue weighted by Gasteiger charge is -2.17. The summed E-state index contributed by atoms with van der Waals surface area (Å²) in [6, 6.07) is -0.0867. The Balaban J connectivity index is 2.49. The van der Waals surface area contributed by atoms with E-state index in [0.29, 0.717) is 5.02 Å². The van der Waals surface area contributed by atoms with Crippen molar-refractivity contribution in [3.05, 3.63) is 34.4 Å². The van der Waals surface area contributed by atoms with Gasteiger partial charge in [0.1, 0.15) is 0 Å². The van der Waals surface area contributed by atoms with Crippen molar-refractivity contribution in [2.45, 2.75) is 39.3 Å². The molecule has 0 spiro atoms. The Bertz CT molecular complexity index is 570. The van der Waals surface area contributed by atoms with E-state index in [9.17, 15) is 0 Å². The largest absolute Gasteiger partial charge is 0.319 e.